The van der Waals surface area contributed by atoms with Crippen LogP contribution >= 0.6 is 0 Å². The van der Waals surface area contributed by atoms with Crippen LogP contribution in [0.1, 0.15) is 26.7 Å². The first-order valence-corrected chi connectivity index (χ1v) is 6.22. The maximum atomic E-state index is 6.39. The Hall–Kier alpha value is -1.02. The van der Waals surface area contributed by atoms with Crippen molar-refractivity contribution in [3.8, 4) is 0 Å². The van der Waals surface area contributed by atoms with Crippen molar-refractivity contribution in [2.24, 2.45) is 11.7 Å². The van der Waals surface area contributed by atoms with Crippen molar-refractivity contribution < 1.29 is 0 Å². The Labute approximate surface area is 98.4 Å². The van der Waals surface area contributed by atoms with E-state index in [0.717, 1.165) is 19.0 Å². The predicted octanol–water partition coefficient (Wildman–Crippen LogP) is 2.64. The Bertz CT molecular complexity index is 328. The van der Waals surface area contributed by atoms with E-state index < -0.39 is 0 Å². The predicted molar refractivity (Wildman–Crippen MR) is 69.6 cm³/mol. The number of rotatable bonds is 5. The van der Waals surface area contributed by atoms with E-state index in [1.54, 1.807) is 0 Å². The first-order valence-electron chi connectivity index (χ1n) is 6.22. The smallest absolute Gasteiger partial charge is 0.0366 e. The number of nitrogens with two attached hydrogens (primary N) is 1. The second-order valence-electron chi connectivity index (χ2n) is 5.13. The summed E-state index contributed by atoms with van der Waals surface area (Å²) in [7, 11) is 0. The van der Waals surface area contributed by atoms with Crippen LogP contribution in [0.5, 0.6) is 0 Å². The van der Waals surface area contributed by atoms with Gasteiger partial charge >= 0.3 is 0 Å². The lowest BCUT2D eigenvalue weighted by Gasteiger charge is -2.33. The standard InChI is InChI=1S/C14H22N2/c1-3-16(13-7-5-4-6-8-13)11-14(2,15)12-9-10-12/h4-8,12H,3,9-11,15H2,1-2H3. The van der Waals surface area contributed by atoms with Crippen LogP contribution in [0.15, 0.2) is 30.3 Å². The Morgan fingerprint density at radius 2 is 1.94 bits per heavy atom. The molecule has 16 heavy (non-hydrogen) atoms. The van der Waals surface area contributed by atoms with Gasteiger partial charge in [0, 0.05) is 24.3 Å². The minimum atomic E-state index is -0.0359. The van der Waals surface area contributed by atoms with Gasteiger partial charge in [-0.25, -0.2) is 0 Å². The van der Waals surface area contributed by atoms with Crippen LogP contribution in [0, 0.1) is 5.92 Å². The van der Waals surface area contributed by atoms with Crippen LogP contribution in [-0.2, 0) is 0 Å². The van der Waals surface area contributed by atoms with Crippen molar-refractivity contribution in [3.05, 3.63) is 30.3 Å². The fraction of sp³-hybridized carbons (Fsp3) is 0.571. The van der Waals surface area contributed by atoms with E-state index in [4.69, 9.17) is 5.73 Å². The SMILES string of the molecule is CCN(CC(C)(N)C1CC1)c1ccccc1. The number of hydrogen-bond acceptors (Lipinski definition) is 2. The van der Waals surface area contributed by atoms with E-state index in [-0.39, 0.29) is 5.54 Å². The molecule has 1 atom stereocenters. The Kier molecular flexibility index (Phi) is 3.20. The molecule has 0 radical (unpaired) electrons. The minimum Gasteiger partial charge on any atom is -0.370 e. The van der Waals surface area contributed by atoms with E-state index in [0.29, 0.717) is 0 Å². The van der Waals surface area contributed by atoms with Crippen molar-refractivity contribution >= 4 is 5.69 Å². The number of nitrogens with zero attached hydrogens (tertiary/aromatic N) is 1. The molecule has 1 saturated carbocycles. The Balaban J connectivity index is 2.06. The van der Waals surface area contributed by atoms with E-state index in [1.807, 2.05) is 0 Å². The molecule has 2 N–H and O–H groups in total. The lowest BCUT2D eigenvalue weighted by Crippen LogP contribution is -2.49. The topological polar surface area (TPSA) is 29.3 Å². The number of para-hydroxylation sites is 1. The van der Waals surface area contributed by atoms with Gasteiger partial charge in [0.1, 0.15) is 0 Å². The zero-order chi connectivity index (χ0) is 11.6. The van der Waals surface area contributed by atoms with Gasteiger partial charge in [0.2, 0.25) is 0 Å². The molecule has 1 aromatic carbocycles. The molecule has 0 amide bonds. The molecule has 1 aromatic rings. The first kappa shape index (κ1) is 11.5. The summed E-state index contributed by atoms with van der Waals surface area (Å²) in [5.41, 5.74) is 7.64. The molecule has 0 aromatic heterocycles. The van der Waals surface area contributed by atoms with Crippen molar-refractivity contribution in [2.75, 3.05) is 18.0 Å². The van der Waals surface area contributed by atoms with Crippen LogP contribution in [-0.4, -0.2) is 18.6 Å². The second-order valence-corrected chi connectivity index (χ2v) is 5.13. The van der Waals surface area contributed by atoms with E-state index in [9.17, 15) is 0 Å². The monoisotopic (exact) mass is 218 g/mol. The lowest BCUT2D eigenvalue weighted by atomic mass is 9.96. The maximum Gasteiger partial charge on any atom is 0.0366 e. The summed E-state index contributed by atoms with van der Waals surface area (Å²) >= 11 is 0. The highest BCUT2D eigenvalue weighted by molar-refractivity contribution is 5.46. The number of anilines is 1. The van der Waals surface area contributed by atoms with Gasteiger partial charge in [-0.3, -0.25) is 0 Å². The molecule has 2 rings (SSSR count). The summed E-state index contributed by atoms with van der Waals surface area (Å²) in [5.74, 6) is 0.727. The highest BCUT2D eigenvalue weighted by Crippen LogP contribution is 2.38. The number of likely N-dealkylation sites (N-methyl/N-ethyl adjacent to an activating group) is 1. The molecule has 88 valence electrons. The average molecular weight is 218 g/mol. The van der Waals surface area contributed by atoms with Crippen LogP contribution < -0.4 is 10.6 Å². The zero-order valence-electron chi connectivity index (χ0n) is 10.3. The van der Waals surface area contributed by atoms with Crippen molar-refractivity contribution in [3.63, 3.8) is 0 Å². The molecule has 0 spiro atoms. The fourth-order valence-corrected chi connectivity index (χ4v) is 2.31. The van der Waals surface area contributed by atoms with Gasteiger partial charge in [-0.15, -0.1) is 0 Å². The molecule has 0 saturated heterocycles. The van der Waals surface area contributed by atoms with Gasteiger partial charge in [-0.2, -0.15) is 0 Å². The van der Waals surface area contributed by atoms with Crippen molar-refractivity contribution in [1.82, 2.24) is 0 Å². The van der Waals surface area contributed by atoms with Gasteiger partial charge in [0.15, 0.2) is 0 Å². The van der Waals surface area contributed by atoms with Crippen LogP contribution in [0.2, 0.25) is 0 Å². The van der Waals surface area contributed by atoms with Gasteiger partial charge in [0.25, 0.3) is 0 Å². The summed E-state index contributed by atoms with van der Waals surface area (Å²) in [6, 6.07) is 10.5. The fourth-order valence-electron chi connectivity index (χ4n) is 2.31. The van der Waals surface area contributed by atoms with Gasteiger partial charge < -0.3 is 10.6 Å². The molecule has 1 fully saturated rings. The lowest BCUT2D eigenvalue weighted by molar-refractivity contribution is 0.407. The molecule has 0 aliphatic heterocycles. The molecule has 2 heteroatoms. The number of benzene rings is 1. The molecule has 2 nitrogen and oxygen atoms in total. The molecule has 0 bridgehead atoms. The van der Waals surface area contributed by atoms with Gasteiger partial charge in [-0.1, -0.05) is 18.2 Å². The quantitative estimate of drug-likeness (QED) is 0.823. The summed E-state index contributed by atoms with van der Waals surface area (Å²) in [5, 5.41) is 0. The Morgan fingerprint density at radius 1 is 1.31 bits per heavy atom. The van der Waals surface area contributed by atoms with Crippen LogP contribution in [0.3, 0.4) is 0 Å². The second kappa shape index (κ2) is 4.46. The average Bonchev–Trinajstić information content (AvgIpc) is 3.11. The summed E-state index contributed by atoms with van der Waals surface area (Å²) in [6.07, 6.45) is 2.61. The zero-order valence-corrected chi connectivity index (χ0v) is 10.3. The van der Waals surface area contributed by atoms with Gasteiger partial charge in [0.05, 0.1) is 0 Å². The molecule has 0 heterocycles. The van der Waals surface area contributed by atoms with Crippen LogP contribution in [0.25, 0.3) is 0 Å². The Morgan fingerprint density at radius 3 is 2.44 bits per heavy atom. The summed E-state index contributed by atoms with van der Waals surface area (Å²) in [6.45, 7) is 6.36. The molecule has 1 unspecified atom stereocenters. The van der Waals surface area contributed by atoms with Crippen LogP contribution in [0.4, 0.5) is 5.69 Å². The minimum absolute atomic E-state index is 0.0359. The third-order valence-corrected chi connectivity index (χ3v) is 3.54. The van der Waals surface area contributed by atoms with Crippen molar-refractivity contribution in [2.45, 2.75) is 32.2 Å². The van der Waals surface area contributed by atoms with Crippen molar-refractivity contribution in [1.29, 1.82) is 0 Å². The molecule has 1 aliphatic rings. The molecule has 1 aliphatic carbocycles. The largest absolute Gasteiger partial charge is 0.370 e. The van der Waals surface area contributed by atoms with Gasteiger partial charge in [-0.05, 0) is 44.7 Å². The third-order valence-electron chi connectivity index (χ3n) is 3.54. The maximum absolute atomic E-state index is 6.39. The van der Waals surface area contributed by atoms with E-state index >= 15 is 0 Å². The normalized spacial score (nSPS) is 19.2. The highest BCUT2D eigenvalue weighted by atomic mass is 15.1. The third kappa shape index (κ3) is 2.56. The summed E-state index contributed by atoms with van der Waals surface area (Å²) < 4.78 is 0. The molecular weight excluding hydrogens is 196 g/mol. The van der Waals surface area contributed by atoms with E-state index in [2.05, 4.69) is 49.1 Å². The first-order chi connectivity index (χ1) is 7.63. The summed E-state index contributed by atoms with van der Waals surface area (Å²) in [4.78, 5) is 2.37. The number of hydrogen-bond donors (Lipinski definition) is 1. The molecular formula is C14H22N2. The highest BCUT2D eigenvalue weighted by Gasteiger charge is 2.39. The van der Waals surface area contributed by atoms with E-state index in [1.165, 1.54) is 18.5 Å².